The summed E-state index contributed by atoms with van der Waals surface area (Å²) in [6, 6.07) is 12.3. The lowest BCUT2D eigenvalue weighted by atomic mass is 9.95. The van der Waals surface area contributed by atoms with Crippen LogP contribution >= 0.6 is 0 Å². The first-order valence-corrected chi connectivity index (χ1v) is 13.3. The van der Waals surface area contributed by atoms with E-state index in [1.165, 1.54) is 11.4 Å². The molecule has 10 heteroatoms. The molecule has 9 nitrogen and oxygen atoms in total. The van der Waals surface area contributed by atoms with E-state index >= 15 is 0 Å². The summed E-state index contributed by atoms with van der Waals surface area (Å²) < 4.78 is 32.1. The first-order valence-electron chi connectivity index (χ1n) is 11.9. The number of hydrogen-bond acceptors (Lipinski definition) is 6. The summed E-state index contributed by atoms with van der Waals surface area (Å²) in [4.78, 5) is 38.3. The Hall–Kier alpha value is -3.24. The summed E-state index contributed by atoms with van der Waals surface area (Å²) in [5.41, 5.74) is 1.48. The van der Waals surface area contributed by atoms with Crippen molar-refractivity contribution < 1.29 is 27.5 Å². The molecule has 3 rings (SSSR count). The molecule has 1 atom stereocenters. The van der Waals surface area contributed by atoms with Gasteiger partial charge in [0.05, 0.1) is 23.3 Å². The number of hydrogen-bond donors (Lipinski definition) is 2. The highest BCUT2D eigenvalue weighted by molar-refractivity contribution is 7.89. The van der Waals surface area contributed by atoms with Crippen LogP contribution in [0.15, 0.2) is 53.4 Å². The van der Waals surface area contributed by atoms with Crippen LogP contribution in [0.3, 0.4) is 0 Å². The highest BCUT2D eigenvalue weighted by atomic mass is 32.2. The Balaban J connectivity index is 1.63. The number of ether oxygens (including phenoxy) is 1. The number of nitrogens with zero attached hydrogens (tertiary/aromatic N) is 1. The van der Waals surface area contributed by atoms with Crippen molar-refractivity contribution in [3.63, 3.8) is 0 Å². The lowest BCUT2D eigenvalue weighted by Gasteiger charge is -2.32. The lowest BCUT2D eigenvalue weighted by molar-refractivity contribution is -0.130. The molecule has 1 aliphatic rings. The standard InChI is InChI=1S/C26H33N3O6S/c1-17(2)23(25(31)27-22-8-6-5-7-21(22)26(32)35-4)28-24(30)19-13-15-29(16-14-19)36(33,34)20-11-9-18(3)10-12-20/h5-12,17,19,23H,13-16H2,1-4H3,(H,27,31)(H,28,30). The zero-order valence-corrected chi connectivity index (χ0v) is 21.8. The number of piperidine rings is 1. The number of nitrogens with one attached hydrogen (secondary N) is 2. The van der Waals surface area contributed by atoms with Gasteiger partial charge in [-0.05, 0) is 49.9 Å². The third kappa shape index (κ3) is 6.30. The monoisotopic (exact) mass is 515 g/mol. The van der Waals surface area contributed by atoms with Crippen LogP contribution in [0.4, 0.5) is 5.69 Å². The third-order valence-corrected chi connectivity index (χ3v) is 8.23. The molecule has 2 amide bonds. The smallest absolute Gasteiger partial charge is 0.339 e. The van der Waals surface area contributed by atoms with Crippen molar-refractivity contribution in [1.82, 2.24) is 9.62 Å². The predicted molar refractivity (Wildman–Crippen MR) is 136 cm³/mol. The summed E-state index contributed by atoms with van der Waals surface area (Å²) in [5, 5.41) is 5.55. The van der Waals surface area contributed by atoms with Gasteiger partial charge in [0.25, 0.3) is 0 Å². The molecule has 1 unspecified atom stereocenters. The number of aryl methyl sites for hydroxylation is 1. The minimum atomic E-state index is -3.63. The molecule has 2 aromatic rings. The van der Waals surface area contributed by atoms with Gasteiger partial charge in [-0.2, -0.15) is 4.31 Å². The highest BCUT2D eigenvalue weighted by Crippen LogP contribution is 2.25. The van der Waals surface area contributed by atoms with Gasteiger partial charge in [-0.1, -0.05) is 43.7 Å². The molecular weight excluding hydrogens is 482 g/mol. The molecule has 0 saturated carbocycles. The fraction of sp³-hybridized carbons (Fsp3) is 0.423. The van der Waals surface area contributed by atoms with Gasteiger partial charge in [0, 0.05) is 19.0 Å². The molecule has 0 spiro atoms. The van der Waals surface area contributed by atoms with E-state index in [9.17, 15) is 22.8 Å². The Morgan fingerprint density at radius 2 is 1.61 bits per heavy atom. The minimum Gasteiger partial charge on any atom is -0.465 e. The molecule has 0 aromatic heterocycles. The fourth-order valence-corrected chi connectivity index (χ4v) is 5.58. The third-order valence-electron chi connectivity index (χ3n) is 6.32. The Kier molecular flexibility index (Phi) is 8.86. The van der Waals surface area contributed by atoms with Gasteiger partial charge in [-0.15, -0.1) is 0 Å². The zero-order chi connectivity index (χ0) is 26.5. The van der Waals surface area contributed by atoms with Crippen LogP contribution in [-0.4, -0.2) is 56.7 Å². The Bertz CT molecular complexity index is 1200. The highest BCUT2D eigenvalue weighted by Gasteiger charge is 2.34. The largest absolute Gasteiger partial charge is 0.465 e. The van der Waals surface area contributed by atoms with E-state index in [1.807, 2.05) is 20.8 Å². The second kappa shape index (κ2) is 11.7. The number of methoxy groups -OCH3 is 1. The second-order valence-electron chi connectivity index (χ2n) is 9.25. The van der Waals surface area contributed by atoms with Crippen LogP contribution < -0.4 is 10.6 Å². The van der Waals surface area contributed by atoms with E-state index in [0.717, 1.165) is 5.56 Å². The second-order valence-corrected chi connectivity index (χ2v) is 11.2. The molecule has 0 aliphatic carbocycles. The predicted octanol–water partition coefficient (Wildman–Crippen LogP) is 2.96. The summed E-state index contributed by atoms with van der Waals surface area (Å²) in [7, 11) is -2.37. The molecule has 0 bridgehead atoms. The van der Waals surface area contributed by atoms with E-state index in [4.69, 9.17) is 4.74 Å². The van der Waals surface area contributed by atoms with Crippen LogP contribution in [0.5, 0.6) is 0 Å². The number of anilines is 1. The van der Waals surface area contributed by atoms with Crippen molar-refractivity contribution in [2.75, 3.05) is 25.5 Å². The van der Waals surface area contributed by atoms with Gasteiger partial charge in [0.1, 0.15) is 6.04 Å². The molecule has 1 aliphatic heterocycles. The normalized spacial score (nSPS) is 15.8. The maximum atomic E-state index is 13.0. The molecule has 194 valence electrons. The molecule has 2 N–H and O–H groups in total. The summed E-state index contributed by atoms with van der Waals surface area (Å²) >= 11 is 0. The van der Waals surface area contributed by atoms with E-state index < -0.39 is 33.9 Å². The molecule has 0 radical (unpaired) electrons. The Morgan fingerprint density at radius 1 is 1.00 bits per heavy atom. The van der Waals surface area contributed by atoms with Crippen LogP contribution in [0.25, 0.3) is 0 Å². The number of sulfonamides is 1. The average Bonchev–Trinajstić information content (AvgIpc) is 2.87. The lowest BCUT2D eigenvalue weighted by Crippen LogP contribution is -2.51. The van der Waals surface area contributed by atoms with Gasteiger partial charge in [0.2, 0.25) is 21.8 Å². The number of amides is 2. The maximum Gasteiger partial charge on any atom is 0.339 e. The SMILES string of the molecule is COC(=O)c1ccccc1NC(=O)C(NC(=O)C1CCN(S(=O)(=O)c2ccc(C)cc2)CC1)C(C)C. The quantitative estimate of drug-likeness (QED) is 0.522. The molecule has 1 fully saturated rings. The molecule has 1 saturated heterocycles. The van der Waals surface area contributed by atoms with Gasteiger partial charge in [-0.3, -0.25) is 9.59 Å². The van der Waals surface area contributed by atoms with Gasteiger partial charge < -0.3 is 15.4 Å². The summed E-state index contributed by atoms with van der Waals surface area (Å²) in [6.07, 6.45) is 0.711. The number of benzene rings is 2. The van der Waals surface area contributed by atoms with Crippen molar-refractivity contribution in [3.05, 3.63) is 59.7 Å². The summed E-state index contributed by atoms with van der Waals surface area (Å²) in [6.45, 7) is 5.96. The molecule has 2 aromatic carbocycles. The number of para-hydroxylation sites is 1. The number of esters is 1. The van der Waals surface area contributed by atoms with E-state index in [-0.39, 0.29) is 35.4 Å². The van der Waals surface area contributed by atoms with Crippen molar-refractivity contribution >= 4 is 33.5 Å². The van der Waals surface area contributed by atoms with Crippen molar-refractivity contribution in [3.8, 4) is 0 Å². The van der Waals surface area contributed by atoms with Crippen LogP contribution in [-0.2, 0) is 24.3 Å². The molecular formula is C26H33N3O6S. The number of rotatable bonds is 8. The first kappa shape index (κ1) is 27.3. The minimum absolute atomic E-state index is 0.212. The molecule has 36 heavy (non-hydrogen) atoms. The fourth-order valence-electron chi connectivity index (χ4n) is 4.11. The van der Waals surface area contributed by atoms with E-state index in [2.05, 4.69) is 10.6 Å². The number of carbonyl (C=O) groups excluding carboxylic acids is 3. The zero-order valence-electron chi connectivity index (χ0n) is 21.0. The number of carbonyl (C=O) groups is 3. The van der Waals surface area contributed by atoms with Crippen molar-refractivity contribution in [2.24, 2.45) is 11.8 Å². The summed E-state index contributed by atoms with van der Waals surface area (Å²) in [5.74, 6) is -1.96. The topological polar surface area (TPSA) is 122 Å². The van der Waals surface area contributed by atoms with Crippen molar-refractivity contribution in [2.45, 2.75) is 44.6 Å². The van der Waals surface area contributed by atoms with Crippen LogP contribution in [0.1, 0.15) is 42.6 Å². The Morgan fingerprint density at radius 3 is 2.19 bits per heavy atom. The van der Waals surface area contributed by atoms with Gasteiger partial charge in [-0.25, -0.2) is 13.2 Å². The van der Waals surface area contributed by atoms with Gasteiger partial charge in [0.15, 0.2) is 0 Å². The van der Waals surface area contributed by atoms with E-state index in [1.54, 1.807) is 48.5 Å². The molecule has 1 heterocycles. The van der Waals surface area contributed by atoms with Crippen LogP contribution in [0.2, 0.25) is 0 Å². The maximum absolute atomic E-state index is 13.0. The first-order chi connectivity index (χ1) is 17.0. The van der Waals surface area contributed by atoms with Gasteiger partial charge >= 0.3 is 5.97 Å². The van der Waals surface area contributed by atoms with E-state index in [0.29, 0.717) is 18.5 Å². The van der Waals surface area contributed by atoms with Crippen molar-refractivity contribution in [1.29, 1.82) is 0 Å². The van der Waals surface area contributed by atoms with Crippen LogP contribution in [0, 0.1) is 18.8 Å². The average molecular weight is 516 g/mol. The Labute approximate surface area is 212 Å².